The molecular weight excluding hydrogens is 411 g/mol. The molecule has 5 rings (SSSR count). The Labute approximate surface area is 198 Å². The summed E-state index contributed by atoms with van der Waals surface area (Å²) in [7, 11) is 0. The van der Waals surface area contributed by atoms with Crippen LogP contribution < -0.4 is 16.0 Å². The lowest BCUT2D eigenvalue weighted by Crippen LogP contribution is -2.38. The van der Waals surface area contributed by atoms with Crippen LogP contribution in [0.1, 0.15) is 75.0 Å². The number of hydrogen-bond acceptors (Lipinski definition) is 4. The molecule has 0 amide bonds. The molecule has 4 aliphatic rings. The Morgan fingerprint density at radius 3 is 2.61 bits per heavy atom. The maximum Gasteiger partial charge on any atom is 0.147 e. The van der Waals surface area contributed by atoms with Gasteiger partial charge in [0.05, 0.1) is 11.7 Å². The van der Waals surface area contributed by atoms with Crippen LogP contribution in [-0.2, 0) is 12.8 Å². The lowest BCUT2D eigenvalue weighted by Gasteiger charge is -2.40. The van der Waals surface area contributed by atoms with Crippen LogP contribution in [-0.4, -0.2) is 31.4 Å². The summed E-state index contributed by atoms with van der Waals surface area (Å²) in [6, 6.07) is 2.34. The summed E-state index contributed by atoms with van der Waals surface area (Å²) in [4.78, 5) is 7.08. The molecule has 0 spiro atoms. The minimum absolute atomic E-state index is 0.139. The van der Waals surface area contributed by atoms with E-state index in [0.29, 0.717) is 17.9 Å². The number of benzene rings is 1. The smallest absolute Gasteiger partial charge is 0.147 e. The zero-order valence-corrected chi connectivity index (χ0v) is 20.1. The fourth-order valence-corrected chi connectivity index (χ4v) is 5.82. The van der Waals surface area contributed by atoms with Crippen LogP contribution in [0, 0.1) is 17.7 Å². The maximum atomic E-state index is 15.9. The Morgan fingerprint density at radius 2 is 1.97 bits per heavy atom. The van der Waals surface area contributed by atoms with Crippen LogP contribution in [0.2, 0.25) is 0 Å². The zero-order valence-electron chi connectivity index (χ0n) is 20.1. The van der Waals surface area contributed by atoms with Gasteiger partial charge in [-0.25, -0.2) is 4.39 Å². The second-order valence-corrected chi connectivity index (χ2v) is 10.6. The first-order valence-electron chi connectivity index (χ1n) is 13.0. The maximum absolute atomic E-state index is 15.9. The molecule has 1 atom stereocenters. The molecule has 1 aromatic carbocycles. The molecule has 2 saturated carbocycles. The summed E-state index contributed by atoms with van der Waals surface area (Å²) < 4.78 is 15.9. The quantitative estimate of drug-likeness (QED) is 0.550. The van der Waals surface area contributed by atoms with Crippen molar-refractivity contribution in [2.24, 2.45) is 22.6 Å². The molecule has 3 fully saturated rings. The molecule has 5 heteroatoms. The molecular formula is C28H39FN4. The van der Waals surface area contributed by atoms with Crippen molar-refractivity contribution < 1.29 is 4.39 Å². The Balaban J connectivity index is 1.55. The third kappa shape index (κ3) is 4.62. The van der Waals surface area contributed by atoms with E-state index in [4.69, 9.17) is 10.7 Å². The number of hydrogen-bond donors (Lipinski definition) is 2. The SMILES string of the molecule is C=C(C1CC1)N1c2c(F)cc(C(C=NC3CCNCC3)=CN)c(CC3CCC3)c2CCC1C. The number of piperidine rings is 1. The number of rotatable bonds is 7. The van der Waals surface area contributed by atoms with E-state index >= 15 is 4.39 Å². The highest BCUT2D eigenvalue weighted by molar-refractivity contribution is 6.10. The van der Waals surface area contributed by atoms with E-state index in [-0.39, 0.29) is 11.9 Å². The molecule has 2 aliphatic heterocycles. The lowest BCUT2D eigenvalue weighted by atomic mass is 9.76. The normalized spacial score (nSPS) is 24.7. The van der Waals surface area contributed by atoms with Crippen LogP contribution in [0.15, 0.2) is 29.5 Å². The summed E-state index contributed by atoms with van der Waals surface area (Å²) in [5, 5.41) is 3.39. The number of halogens is 1. The fraction of sp³-hybridized carbons (Fsp3) is 0.607. The highest BCUT2D eigenvalue weighted by atomic mass is 19.1. The first-order chi connectivity index (χ1) is 16.1. The molecule has 1 saturated heterocycles. The number of aliphatic imine (C=N–C) groups is 1. The number of fused-ring (bicyclic) bond motifs is 1. The largest absolute Gasteiger partial charge is 0.404 e. The van der Waals surface area contributed by atoms with Gasteiger partial charge in [-0.2, -0.15) is 0 Å². The van der Waals surface area contributed by atoms with Crippen LogP contribution >= 0.6 is 0 Å². The van der Waals surface area contributed by atoms with Crippen molar-refractivity contribution >= 4 is 17.5 Å². The van der Waals surface area contributed by atoms with Gasteiger partial charge in [0, 0.05) is 29.7 Å². The van der Waals surface area contributed by atoms with Gasteiger partial charge in [0.2, 0.25) is 0 Å². The molecule has 33 heavy (non-hydrogen) atoms. The fourth-order valence-electron chi connectivity index (χ4n) is 5.82. The Hall–Kier alpha value is -2.14. The minimum Gasteiger partial charge on any atom is -0.404 e. The van der Waals surface area contributed by atoms with Crippen molar-refractivity contribution in [3.05, 3.63) is 47.0 Å². The predicted octanol–water partition coefficient (Wildman–Crippen LogP) is 5.36. The van der Waals surface area contributed by atoms with Gasteiger partial charge >= 0.3 is 0 Å². The molecule has 0 aromatic heterocycles. The zero-order chi connectivity index (χ0) is 22.9. The summed E-state index contributed by atoms with van der Waals surface area (Å²) in [5.41, 5.74) is 12.3. The first-order valence-corrected chi connectivity index (χ1v) is 13.0. The van der Waals surface area contributed by atoms with Gasteiger partial charge in [-0.3, -0.25) is 4.99 Å². The monoisotopic (exact) mass is 450 g/mol. The molecule has 0 radical (unpaired) electrons. The van der Waals surface area contributed by atoms with Crippen molar-refractivity contribution in [3.63, 3.8) is 0 Å². The van der Waals surface area contributed by atoms with Crippen LogP contribution in [0.25, 0.3) is 5.57 Å². The van der Waals surface area contributed by atoms with Gasteiger partial charge in [-0.15, -0.1) is 0 Å². The second-order valence-electron chi connectivity index (χ2n) is 10.6. The van der Waals surface area contributed by atoms with Crippen LogP contribution in [0.5, 0.6) is 0 Å². The van der Waals surface area contributed by atoms with Crippen LogP contribution in [0.4, 0.5) is 10.1 Å². The number of nitrogens with zero attached hydrogens (tertiary/aromatic N) is 2. The molecule has 2 aliphatic carbocycles. The lowest BCUT2D eigenvalue weighted by molar-refractivity contribution is 0.313. The standard InChI is InChI=1S/C28H39FN4/c1-18-6-9-24-26(14-20-4-3-5-20)25(22(16-30)17-32-23-10-12-31-13-11-23)15-27(29)28(24)33(18)19(2)21-7-8-21/h15-18,20-21,23,31H,2-14,30H2,1H3. The number of allylic oxidation sites excluding steroid dienone is 2. The molecule has 2 heterocycles. The average molecular weight is 451 g/mol. The average Bonchev–Trinajstić information content (AvgIpc) is 3.64. The highest BCUT2D eigenvalue weighted by Gasteiger charge is 2.37. The third-order valence-electron chi connectivity index (χ3n) is 8.27. The molecule has 1 unspecified atom stereocenters. The van der Waals surface area contributed by atoms with E-state index in [1.165, 1.54) is 43.2 Å². The third-order valence-corrected chi connectivity index (χ3v) is 8.27. The first kappa shape index (κ1) is 22.6. The van der Waals surface area contributed by atoms with E-state index in [0.717, 1.165) is 67.7 Å². The topological polar surface area (TPSA) is 53.6 Å². The summed E-state index contributed by atoms with van der Waals surface area (Å²) >= 11 is 0. The van der Waals surface area contributed by atoms with Crippen molar-refractivity contribution in [2.45, 2.75) is 83.2 Å². The predicted molar refractivity (Wildman–Crippen MR) is 136 cm³/mol. The van der Waals surface area contributed by atoms with E-state index in [1.807, 2.05) is 6.21 Å². The van der Waals surface area contributed by atoms with E-state index in [9.17, 15) is 0 Å². The van der Waals surface area contributed by atoms with E-state index in [2.05, 4.69) is 23.7 Å². The van der Waals surface area contributed by atoms with Gasteiger partial charge in [0.1, 0.15) is 5.82 Å². The van der Waals surface area contributed by atoms with Gasteiger partial charge in [0.25, 0.3) is 0 Å². The number of anilines is 1. The molecule has 178 valence electrons. The van der Waals surface area contributed by atoms with Gasteiger partial charge in [0.15, 0.2) is 0 Å². The van der Waals surface area contributed by atoms with E-state index in [1.54, 1.807) is 12.3 Å². The highest BCUT2D eigenvalue weighted by Crippen LogP contribution is 2.47. The number of nitrogens with two attached hydrogens (primary N) is 1. The van der Waals surface area contributed by atoms with Gasteiger partial charge < -0.3 is 16.0 Å². The van der Waals surface area contributed by atoms with Crippen LogP contribution in [0.3, 0.4) is 0 Å². The second kappa shape index (κ2) is 9.61. The minimum atomic E-state index is -0.139. The van der Waals surface area contributed by atoms with Crippen molar-refractivity contribution in [1.29, 1.82) is 0 Å². The Bertz CT molecular complexity index is 951. The van der Waals surface area contributed by atoms with E-state index < -0.39 is 0 Å². The van der Waals surface area contributed by atoms with Crippen molar-refractivity contribution in [1.82, 2.24) is 5.32 Å². The summed E-state index contributed by atoms with van der Waals surface area (Å²) in [6.07, 6.45) is 14.8. The van der Waals surface area contributed by atoms with Gasteiger partial charge in [-0.05, 0) is 99.6 Å². The van der Waals surface area contributed by atoms with Gasteiger partial charge in [-0.1, -0.05) is 25.8 Å². The molecule has 0 bridgehead atoms. The van der Waals surface area contributed by atoms with Crippen molar-refractivity contribution in [3.8, 4) is 0 Å². The van der Waals surface area contributed by atoms with Crippen molar-refractivity contribution in [2.75, 3.05) is 18.0 Å². The summed E-state index contributed by atoms with van der Waals surface area (Å²) in [5.74, 6) is 1.07. The summed E-state index contributed by atoms with van der Waals surface area (Å²) in [6.45, 7) is 8.63. The Kier molecular flexibility index (Phi) is 6.60. The Morgan fingerprint density at radius 1 is 1.21 bits per heavy atom. The number of nitrogens with one attached hydrogen (secondary N) is 1. The molecule has 1 aromatic rings. The molecule has 4 nitrogen and oxygen atoms in total. The molecule has 3 N–H and O–H groups in total.